The normalized spacial score (nSPS) is 29.4. The molecule has 2 saturated heterocycles. The van der Waals surface area contributed by atoms with E-state index in [4.69, 9.17) is 58.1 Å². The number of nitrogens with one attached hydrogen (secondary N) is 1. The quantitative estimate of drug-likeness (QED) is 0.110. The van der Waals surface area contributed by atoms with Crippen molar-refractivity contribution < 1.29 is 42.3 Å². The lowest BCUT2D eigenvalue weighted by atomic mass is 10.1. The van der Waals surface area contributed by atoms with Gasteiger partial charge in [-0.3, -0.25) is 9.78 Å². The first kappa shape index (κ1) is 31.4. The maximum absolute atomic E-state index is 15.7. The van der Waals surface area contributed by atoms with E-state index in [1.165, 1.54) is 17.1 Å². The third kappa shape index (κ3) is 6.00. The zero-order chi connectivity index (χ0) is 31.3. The summed E-state index contributed by atoms with van der Waals surface area (Å²) in [5.41, 5.74) is 11.0. The van der Waals surface area contributed by atoms with Gasteiger partial charge in [0.2, 0.25) is 5.95 Å². The van der Waals surface area contributed by atoms with Gasteiger partial charge in [-0.25, -0.2) is 14.4 Å². The number of aliphatic hydroxyl groups is 1. The Labute approximate surface area is 256 Å². The van der Waals surface area contributed by atoms with Crippen molar-refractivity contribution in [1.82, 2.24) is 39.5 Å². The van der Waals surface area contributed by atoms with Crippen LogP contribution in [0.4, 0.5) is 16.2 Å². The van der Waals surface area contributed by atoms with Gasteiger partial charge in [0.05, 0.1) is 24.7 Å². The van der Waals surface area contributed by atoms with Gasteiger partial charge in [-0.2, -0.15) is 9.67 Å². The number of ether oxygens (including phenoxy) is 2. The molecule has 0 aliphatic carbocycles. The van der Waals surface area contributed by atoms with E-state index in [1.54, 1.807) is 6.07 Å². The summed E-state index contributed by atoms with van der Waals surface area (Å²) < 4.78 is 46.5. The van der Waals surface area contributed by atoms with Crippen LogP contribution in [0, 0.1) is 0 Å². The Balaban J connectivity index is 1.20. The topological polar surface area (TPSA) is 266 Å². The van der Waals surface area contributed by atoms with E-state index in [9.17, 15) is 19.7 Å². The third-order valence-corrected chi connectivity index (χ3v) is 9.28. The number of hydrogen-bond donors (Lipinski definition) is 6. The minimum absolute atomic E-state index is 0.0295. The van der Waals surface area contributed by atoms with Crippen LogP contribution in [0.1, 0.15) is 18.9 Å². The second kappa shape index (κ2) is 12.3. The van der Waals surface area contributed by atoms with Crippen molar-refractivity contribution in [3.63, 3.8) is 0 Å². The zero-order valence-electron chi connectivity index (χ0n) is 22.1. The molecule has 4 aromatic heterocycles. The fourth-order valence-corrected chi connectivity index (χ4v) is 7.34. The monoisotopic (exact) mass is 694 g/mol. The molecule has 2 aliphatic rings. The molecule has 9 atom stereocenters. The standard InChI is InChI=1S/C20H25FN10O9P2S2/c21-11-13(39-41(34)43)10(38-19(11)30-2-1-8-14(22)24-6-25-15(8)30)5-36-42(35,44)40-9-3-7(4-32)37-18(9)31-16-12(28-29-31)17(33)27-20(23)26-16/h1-2,6-7,9-11,13,18-19,32,41H,3-5H2,(H,34,43)(H,35,44)(H2,22,24,25)(H3,23,26,27,33)/t7-,9+,10+,11-,13?,18+,19+,42?/m0/s1. The molecule has 0 amide bonds. The lowest BCUT2D eigenvalue weighted by molar-refractivity contribution is -0.0586. The maximum Gasteiger partial charge on any atom is 0.325 e. The first-order valence-corrected chi connectivity index (χ1v) is 17.8. The van der Waals surface area contributed by atoms with Crippen LogP contribution in [0.2, 0.25) is 0 Å². The molecule has 4 aromatic rings. The average Bonchev–Trinajstić information content (AvgIpc) is 3.73. The van der Waals surface area contributed by atoms with Crippen molar-refractivity contribution in [2.75, 3.05) is 24.7 Å². The number of anilines is 2. The summed E-state index contributed by atoms with van der Waals surface area (Å²) in [6.07, 6.45) is -6.00. The third-order valence-electron chi connectivity index (χ3n) is 6.93. The minimum atomic E-state index is -4.14. The van der Waals surface area contributed by atoms with E-state index >= 15 is 4.39 Å². The van der Waals surface area contributed by atoms with Crippen molar-refractivity contribution in [3.8, 4) is 0 Å². The Kier molecular flexibility index (Phi) is 8.78. The molecule has 0 saturated carbocycles. The molecular weight excluding hydrogens is 669 g/mol. The second-order valence-corrected chi connectivity index (χ2v) is 14.3. The van der Waals surface area contributed by atoms with Crippen LogP contribution >= 0.6 is 13.9 Å². The van der Waals surface area contributed by atoms with E-state index in [0.29, 0.717) is 11.0 Å². The van der Waals surface area contributed by atoms with Gasteiger partial charge in [0, 0.05) is 12.6 Å². The highest BCUT2D eigenvalue weighted by molar-refractivity contribution is 8.07. The summed E-state index contributed by atoms with van der Waals surface area (Å²) in [5, 5.41) is 17.9. The number of nitrogens with two attached hydrogens (primary N) is 2. The van der Waals surface area contributed by atoms with Crippen LogP contribution in [0.5, 0.6) is 0 Å². The fourth-order valence-electron chi connectivity index (χ4n) is 5.05. The number of aliphatic hydroxyl groups excluding tert-OH is 1. The number of aromatic nitrogens is 8. The number of hydrogen-bond acceptors (Lipinski definition) is 16. The molecule has 44 heavy (non-hydrogen) atoms. The number of nitrogens with zero attached hydrogens (tertiary/aromatic N) is 7. The molecule has 6 heterocycles. The van der Waals surface area contributed by atoms with Crippen molar-refractivity contribution in [1.29, 1.82) is 0 Å². The molecule has 2 fully saturated rings. The van der Waals surface area contributed by atoms with Crippen molar-refractivity contribution in [2.24, 2.45) is 0 Å². The summed E-state index contributed by atoms with van der Waals surface area (Å²) in [5.74, 6) is -0.0224. The summed E-state index contributed by atoms with van der Waals surface area (Å²) >= 11 is 10.0. The van der Waals surface area contributed by atoms with Gasteiger partial charge >= 0.3 is 6.72 Å². The van der Waals surface area contributed by atoms with E-state index in [1.807, 2.05) is 0 Å². The van der Waals surface area contributed by atoms with Gasteiger partial charge in [0.15, 0.2) is 36.9 Å². The lowest BCUT2D eigenvalue weighted by Gasteiger charge is -2.25. The zero-order valence-corrected chi connectivity index (χ0v) is 25.6. The molecular formula is C20H25FN10O9P2S2. The van der Waals surface area contributed by atoms with E-state index in [2.05, 4.69) is 30.2 Å². The van der Waals surface area contributed by atoms with Crippen LogP contribution in [0.15, 0.2) is 23.4 Å². The Morgan fingerprint density at radius 2 is 2.07 bits per heavy atom. The fraction of sp³-hybridized carbons (Fsp3) is 0.500. The molecule has 2 aliphatic heterocycles. The second-order valence-electron chi connectivity index (χ2n) is 9.71. The Morgan fingerprint density at radius 1 is 1.27 bits per heavy atom. The molecule has 0 spiro atoms. The highest BCUT2D eigenvalue weighted by Crippen LogP contribution is 2.50. The SMILES string of the molecule is Nc1nc2c(nnn2[C@@H]2O[C@H](CO)C[C@H]2OP(O)(=S)OC[C@H]2O[C@@H](n3ccc4c(N)ncnc43)[C@@H](F)C2O[PH](O)=S)c(=O)[nH]1. The predicted octanol–water partition coefficient (Wildman–Crippen LogP) is -0.859. The van der Waals surface area contributed by atoms with Crippen molar-refractivity contribution in [2.45, 2.75) is 49.5 Å². The molecule has 0 bridgehead atoms. The van der Waals surface area contributed by atoms with Crippen LogP contribution in [0.3, 0.4) is 0 Å². The largest absolute Gasteiger partial charge is 0.394 e. The van der Waals surface area contributed by atoms with Crippen LogP contribution < -0.4 is 17.0 Å². The summed E-state index contributed by atoms with van der Waals surface area (Å²) in [7, 11) is -2.81. The van der Waals surface area contributed by atoms with Crippen LogP contribution in [0.25, 0.3) is 22.2 Å². The van der Waals surface area contributed by atoms with Gasteiger partial charge < -0.3 is 54.0 Å². The summed E-state index contributed by atoms with van der Waals surface area (Å²) in [6.45, 7) is -5.09. The lowest BCUT2D eigenvalue weighted by Crippen LogP contribution is -2.33. The number of alkyl halides is 1. The van der Waals surface area contributed by atoms with Gasteiger partial charge in [-0.1, -0.05) is 5.21 Å². The minimum Gasteiger partial charge on any atom is -0.394 e. The molecule has 8 N–H and O–H groups in total. The van der Waals surface area contributed by atoms with Gasteiger partial charge in [-0.15, -0.1) is 5.10 Å². The molecule has 24 heteroatoms. The Hall–Kier alpha value is -2.59. The van der Waals surface area contributed by atoms with E-state index in [0.717, 1.165) is 4.68 Å². The molecule has 0 aromatic carbocycles. The first-order chi connectivity index (χ1) is 21.0. The number of aromatic amines is 1. The predicted molar refractivity (Wildman–Crippen MR) is 157 cm³/mol. The van der Waals surface area contributed by atoms with E-state index in [-0.39, 0.29) is 29.4 Å². The average molecular weight is 695 g/mol. The number of fused-ring (bicyclic) bond motifs is 2. The van der Waals surface area contributed by atoms with Gasteiger partial charge in [0.1, 0.15) is 36.1 Å². The number of rotatable bonds is 10. The highest BCUT2D eigenvalue weighted by atomic mass is 32.5. The van der Waals surface area contributed by atoms with Gasteiger partial charge in [0.25, 0.3) is 5.56 Å². The maximum atomic E-state index is 15.7. The molecule has 3 unspecified atom stereocenters. The first-order valence-electron chi connectivity index (χ1n) is 12.7. The number of nitrogen functional groups attached to an aromatic ring is 2. The highest BCUT2D eigenvalue weighted by Gasteiger charge is 2.49. The number of halogens is 1. The van der Waals surface area contributed by atoms with Crippen molar-refractivity contribution in [3.05, 3.63) is 28.9 Å². The van der Waals surface area contributed by atoms with Crippen LogP contribution in [-0.2, 0) is 46.7 Å². The smallest absolute Gasteiger partial charge is 0.325 e. The summed E-state index contributed by atoms with van der Waals surface area (Å²) in [6, 6.07) is 1.59. The Morgan fingerprint density at radius 3 is 2.82 bits per heavy atom. The molecule has 238 valence electrons. The summed E-state index contributed by atoms with van der Waals surface area (Å²) in [4.78, 5) is 47.4. The molecule has 6 rings (SSSR count). The Bertz CT molecular complexity index is 1830. The molecule has 0 radical (unpaired) electrons. The van der Waals surface area contributed by atoms with Crippen LogP contribution in [-0.4, -0.2) is 98.2 Å². The number of H-pyrrole nitrogens is 1. The van der Waals surface area contributed by atoms with Gasteiger partial charge in [-0.05, 0) is 29.7 Å². The van der Waals surface area contributed by atoms with Crippen molar-refractivity contribution >= 4 is 71.4 Å². The van der Waals surface area contributed by atoms with E-state index < -0.39 is 75.7 Å². The molecule has 19 nitrogen and oxygen atoms in total.